The van der Waals surface area contributed by atoms with Crippen LogP contribution in [-0.2, 0) is 4.74 Å². The molecule has 1 aromatic carbocycles. The Morgan fingerprint density at radius 3 is 2.75 bits per heavy atom. The smallest absolute Gasteiger partial charge is 0.335 e. The van der Waals surface area contributed by atoms with Crippen molar-refractivity contribution < 1.29 is 23.8 Å². The van der Waals surface area contributed by atoms with Crippen LogP contribution in [0.15, 0.2) is 18.2 Å². The normalized spacial score (nSPS) is 10.1. The third-order valence-corrected chi connectivity index (χ3v) is 2.52. The number of unbranched alkanes of at least 4 members (excludes halogenated alkanes) is 1. The second kappa shape index (κ2) is 8.11. The maximum Gasteiger partial charge on any atom is 0.335 e. The zero-order chi connectivity index (χ0) is 15.0. The molecule has 0 aliphatic heterocycles. The molecular formula is C13H17FN2O4. The summed E-state index contributed by atoms with van der Waals surface area (Å²) >= 11 is 0. The molecule has 7 heteroatoms. The highest BCUT2D eigenvalue weighted by molar-refractivity contribution is 5.93. The van der Waals surface area contributed by atoms with Crippen molar-refractivity contribution in [2.24, 2.45) is 0 Å². The van der Waals surface area contributed by atoms with Gasteiger partial charge in [0.2, 0.25) is 0 Å². The first-order chi connectivity index (χ1) is 9.54. The van der Waals surface area contributed by atoms with Crippen LogP contribution in [0.3, 0.4) is 0 Å². The van der Waals surface area contributed by atoms with Gasteiger partial charge in [-0.1, -0.05) is 0 Å². The third kappa shape index (κ3) is 5.23. The molecule has 2 amide bonds. The number of benzene rings is 1. The maximum absolute atomic E-state index is 13.4. The topological polar surface area (TPSA) is 87.7 Å². The summed E-state index contributed by atoms with van der Waals surface area (Å²) in [4.78, 5) is 22.3. The van der Waals surface area contributed by atoms with E-state index in [4.69, 9.17) is 9.84 Å². The first-order valence-corrected chi connectivity index (χ1v) is 6.11. The Balaban J connectivity index is 2.49. The zero-order valence-corrected chi connectivity index (χ0v) is 11.1. The van der Waals surface area contributed by atoms with Crippen molar-refractivity contribution in [3.8, 4) is 0 Å². The van der Waals surface area contributed by atoms with Gasteiger partial charge in [-0.15, -0.1) is 0 Å². The van der Waals surface area contributed by atoms with Gasteiger partial charge in [0.1, 0.15) is 5.82 Å². The van der Waals surface area contributed by atoms with Gasteiger partial charge in [-0.05, 0) is 31.0 Å². The van der Waals surface area contributed by atoms with Crippen LogP contribution in [0.1, 0.15) is 23.2 Å². The van der Waals surface area contributed by atoms with E-state index in [0.717, 1.165) is 31.0 Å². The van der Waals surface area contributed by atoms with E-state index >= 15 is 0 Å². The summed E-state index contributed by atoms with van der Waals surface area (Å²) in [7, 11) is 1.60. The summed E-state index contributed by atoms with van der Waals surface area (Å²) in [5, 5.41) is 13.6. The molecule has 20 heavy (non-hydrogen) atoms. The number of carboxylic acids is 1. The molecule has 0 aliphatic rings. The van der Waals surface area contributed by atoms with Gasteiger partial charge in [0.25, 0.3) is 0 Å². The lowest BCUT2D eigenvalue weighted by Crippen LogP contribution is -2.30. The maximum atomic E-state index is 13.4. The van der Waals surface area contributed by atoms with Gasteiger partial charge in [0, 0.05) is 20.3 Å². The predicted octanol–water partition coefficient (Wildman–Crippen LogP) is 2.07. The Hall–Kier alpha value is -2.15. The number of hydrogen-bond donors (Lipinski definition) is 3. The lowest BCUT2D eigenvalue weighted by Gasteiger charge is -2.09. The number of amides is 2. The van der Waals surface area contributed by atoms with Crippen LogP contribution in [0, 0.1) is 5.82 Å². The second-order valence-electron chi connectivity index (χ2n) is 4.08. The van der Waals surface area contributed by atoms with Gasteiger partial charge in [0.15, 0.2) is 0 Å². The number of ether oxygens (including phenoxy) is 1. The summed E-state index contributed by atoms with van der Waals surface area (Å²) < 4.78 is 18.3. The number of nitrogens with one attached hydrogen (secondary N) is 2. The first kappa shape index (κ1) is 15.9. The minimum absolute atomic E-state index is 0.0956. The van der Waals surface area contributed by atoms with E-state index in [1.165, 1.54) is 0 Å². The molecular weight excluding hydrogens is 267 g/mol. The molecule has 0 saturated heterocycles. The Morgan fingerprint density at radius 1 is 1.35 bits per heavy atom. The number of halogens is 1. The van der Waals surface area contributed by atoms with E-state index < -0.39 is 17.8 Å². The van der Waals surface area contributed by atoms with Crippen molar-refractivity contribution in [3.63, 3.8) is 0 Å². The Labute approximate surface area is 115 Å². The highest BCUT2D eigenvalue weighted by atomic mass is 19.1. The molecule has 6 nitrogen and oxygen atoms in total. The Kier molecular flexibility index (Phi) is 6.45. The van der Waals surface area contributed by atoms with Crippen LogP contribution in [0.2, 0.25) is 0 Å². The quantitative estimate of drug-likeness (QED) is 0.669. The number of aromatic carboxylic acids is 1. The molecule has 3 N–H and O–H groups in total. The van der Waals surface area contributed by atoms with Crippen molar-refractivity contribution in [3.05, 3.63) is 29.6 Å². The molecule has 0 unspecified atom stereocenters. The fraction of sp³-hybridized carbons (Fsp3) is 0.385. The number of anilines is 1. The summed E-state index contributed by atoms with van der Waals surface area (Å²) in [5.41, 5.74) is -0.263. The minimum atomic E-state index is -1.19. The molecule has 0 fully saturated rings. The second-order valence-corrected chi connectivity index (χ2v) is 4.08. The van der Waals surface area contributed by atoms with Gasteiger partial charge >= 0.3 is 12.0 Å². The Bertz CT molecular complexity index is 479. The van der Waals surface area contributed by atoms with Crippen molar-refractivity contribution in [2.75, 3.05) is 25.6 Å². The SMILES string of the molecule is COCCCCNC(=O)Nc1cc(C(=O)O)ccc1F. The highest BCUT2D eigenvalue weighted by Gasteiger charge is 2.10. The molecule has 0 heterocycles. The highest BCUT2D eigenvalue weighted by Crippen LogP contribution is 2.16. The van der Waals surface area contributed by atoms with Crippen LogP contribution in [0.25, 0.3) is 0 Å². The number of carboxylic acid groups (broad SMARTS) is 1. The molecule has 0 spiro atoms. The Morgan fingerprint density at radius 2 is 2.10 bits per heavy atom. The zero-order valence-electron chi connectivity index (χ0n) is 11.1. The van der Waals surface area contributed by atoms with Crippen molar-refractivity contribution in [2.45, 2.75) is 12.8 Å². The predicted molar refractivity (Wildman–Crippen MR) is 71.5 cm³/mol. The summed E-state index contributed by atoms with van der Waals surface area (Å²) in [6.45, 7) is 1.04. The van der Waals surface area contributed by atoms with Crippen LogP contribution in [0.4, 0.5) is 14.9 Å². The number of carbonyl (C=O) groups is 2. The number of carbonyl (C=O) groups excluding carboxylic acids is 1. The fourth-order valence-electron chi connectivity index (χ4n) is 1.49. The third-order valence-electron chi connectivity index (χ3n) is 2.52. The lowest BCUT2D eigenvalue weighted by molar-refractivity contribution is 0.0697. The molecule has 0 saturated carbocycles. The van der Waals surface area contributed by atoms with Crippen LogP contribution >= 0.6 is 0 Å². The van der Waals surface area contributed by atoms with Gasteiger partial charge in [-0.25, -0.2) is 14.0 Å². The summed E-state index contributed by atoms with van der Waals surface area (Å²) in [5.74, 6) is -1.88. The average molecular weight is 284 g/mol. The monoisotopic (exact) mass is 284 g/mol. The average Bonchev–Trinajstić information content (AvgIpc) is 2.40. The minimum Gasteiger partial charge on any atom is -0.478 e. The lowest BCUT2D eigenvalue weighted by atomic mass is 10.2. The fourth-order valence-corrected chi connectivity index (χ4v) is 1.49. The van der Waals surface area contributed by atoms with Gasteiger partial charge in [-0.2, -0.15) is 0 Å². The van der Waals surface area contributed by atoms with Crippen LogP contribution in [-0.4, -0.2) is 37.4 Å². The molecule has 0 radical (unpaired) electrons. The van der Waals surface area contributed by atoms with Crippen LogP contribution in [0.5, 0.6) is 0 Å². The van der Waals surface area contributed by atoms with E-state index in [0.29, 0.717) is 13.2 Å². The van der Waals surface area contributed by atoms with Gasteiger partial charge < -0.3 is 20.5 Å². The van der Waals surface area contributed by atoms with E-state index in [9.17, 15) is 14.0 Å². The van der Waals surface area contributed by atoms with Crippen LogP contribution < -0.4 is 10.6 Å². The number of methoxy groups -OCH3 is 1. The van der Waals surface area contributed by atoms with E-state index in [1.807, 2.05) is 0 Å². The van der Waals surface area contributed by atoms with Crippen molar-refractivity contribution >= 4 is 17.7 Å². The van der Waals surface area contributed by atoms with Crippen molar-refractivity contribution in [1.29, 1.82) is 0 Å². The van der Waals surface area contributed by atoms with E-state index in [-0.39, 0.29) is 11.3 Å². The molecule has 110 valence electrons. The molecule has 0 aromatic heterocycles. The first-order valence-electron chi connectivity index (χ1n) is 6.11. The molecule has 0 bridgehead atoms. The largest absolute Gasteiger partial charge is 0.478 e. The van der Waals surface area contributed by atoms with Gasteiger partial charge in [-0.3, -0.25) is 0 Å². The molecule has 1 aromatic rings. The summed E-state index contributed by atoms with van der Waals surface area (Å²) in [6, 6.07) is 2.62. The summed E-state index contributed by atoms with van der Waals surface area (Å²) in [6.07, 6.45) is 1.54. The number of hydrogen-bond acceptors (Lipinski definition) is 3. The number of urea groups is 1. The molecule has 1 rings (SSSR count). The van der Waals surface area contributed by atoms with Gasteiger partial charge in [0.05, 0.1) is 11.3 Å². The molecule has 0 atom stereocenters. The van der Waals surface area contributed by atoms with E-state index in [1.54, 1.807) is 7.11 Å². The standard InChI is InChI=1S/C13H17FN2O4/c1-20-7-3-2-6-15-13(19)16-11-8-9(12(17)18)4-5-10(11)14/h4-5,8H,2-3,6-7H2,1H3,(H,17,18)(H2,15,16,19). The van der Waals surface area contributed by atoms with Crippen molar-refractivity contribution in [1.82, 2.24) is 5.32 Å². The molecule has 0 aliphatic carbocycles. The van der Waals surface area contributed by atoms with E-state index in [2.05, 4.69) is 10.6 Å². The number of rotatable bonds is 7.